The van der Waals surface area contributed by atoms with Crippen LogP contribution >= 0.6 is 23.7 Å². The van der Waals surface area contributed by atoms with Crippen LogP contribution in [0.5, 0.6) is 0 Å². The molecule has 0 aromatic carbocycles. The van der Waals surface area contributed by atoms with Gasteiger partial charge in [0.25, 0.3) is 0 Å². The van der Waals surface area contributed by atoms with Crippen LogP contribution in [0.15, 0.2) is 18.3 Å². The minimum Gasteiger partial charge on any atom is -0.379 e. The third-order valence-corrected chi connectivity index (χ3v) is 6.82. The SMILES string of the molecule is Cc1ccc(-c2n[nH]c(C3CCC(NSN4CCOCC4)CC3)c2Cl)cn1. The number of hydrogen-bond donors (Lipinski definition) is 2. The van der Waals surface area contributed by atoms with Crippen LogP contribution in [-0.2, 0) is 4.74 Å². The van der Waals surface area contributed by atoms with E-state index in [1.54, 1.807) is 12.1 Å². The lowest BCUT2D eigenvalue weighted by molar-refractivity contribution is 0.0768. The Morgan fingerprint density at radius 2 is 2.00 bits per heavy atom. The fourth-order valence-corrected chi connectivity index (χ4v) is 4.91. The molecule has 2 aromatic rings. The van der Waals surface area contributed by atoms with Gasteiger partial charge < -0.3 is 4.74 Å². The summed E-state index contributed by atoms with van der Waals surface area (Å²) in [7, 11) is 0. The number of pyridine rings is 1. The van der Waals surface area contributed by atoms with Crippen molar-refractivity contribution >= 4 is 23.7 Å². The van der Waals surface area contributed by atoms with Crippen molar-refractivity contribution in [3.63, 3.8) is 0 Å². The van der Waals surface area contributed by atoms with Crippen molar-refractivity contribution in [2.45, 2.75) is 44.6 Å². The molecule has 2 fully saturated rings. The molecule has 0 amide bonds. The summed E-state index contributed by atoms with van der Waals surface area (Å²) < 4.78 is 11.4. The number of aryl methyl sites for hydroxylation is 1. The summed E-state index contributed by atoms with van der Waals surface area (Å²) in [4.78, 5) is 4.35. The second-order valence-corrected chi connectivity index (χ2v) is 8.60. The third-order valence-electron chi connectivity index (χ3n) is 5.37. The first-order chi connectivity index (χ1) is 13.2. The van der Waals surface area contributed by atoms with Crippen molar-refractivity contribution in [2.24, 2.45) is 0 Å². The Bertz CT molecular complexity index is 739. The van der Waals surface area contributed by atoms with Gasteiger partial charge in [-0.3, -0.25) is 10.1 Å². The van der Waals surface area contributed by atoms with Crippen LogP contribution in [-0.4, -0.2) is 51.8 Å². The summed E-state index contributed by atoms with van der Waals surface area (Å²) in [6.07, 6.45) is 6.38. The monoisotopic (exact) mass is 407 g/mol. The number of nitrogens with one attached hydrogen (secondary N) is 2. The van der Waals surface area contributed by atoms with Crippen molar-refractivity contribution in [1.29, 1.82) is 0 Å². The number of ether oxygens (including phenoxy) is 1. The predicted octanol–water partition coefficient (Wildman–Crippen LogP) is 3.94. The minimum atomic E-state index is 0.448. The topological polar surface area (TPSA) is 66.1 Å². The highest BCUT2D eigenvalue weighted by molar-refractivity contribution is 7.95. The van der Waals surface area contributed by atoms with Crippen LogP contribution in [0.2, 0.25) is 5.02 Å². The highest BCUT2D eigenvalue weighted by Gasteiger charge is 2.27. The van der Waals surface area contributed by atoms with E-state index in [-0.39, 0.29) is 0 Å². The maximum atomic E-state index is 6.67. The van der Waals surface area contributed by atoms with Crippen molar-refractivity contribution in [2.75, 3.05) is 26.3 Å². The van der Waals surface area contributed by atoms with Gasteiger partial charge in [-0.05, 0) is 44.7 Å². The lowest BCUT2D eigenvalue weighted by Gasteiger charge is -2.31. The molecular weight excluding hydrogens is 382 g/mol. The van der Waals surface area contributed by atoms with Crippen LogP contribution in [0.1, 0.15) is 43.0 Å². The van der Waals surface area contributed by atoms with Crippen molar-refractivity contribution in [1.82, 2.24) is 24.2 Å². The molecule has 2 aliphatic rings. The molecule has 0 radical (unpaired) electrons. The summed E-state index contributed by atoms with van der Waals surface area (Å²) in [5.74, 6) is 0.448. The molecule has 146 valence electrons. The van der Waals surface area contributed by atoms with E-state index in [1.807, 2.05) is 25.3 Å². The fourth-order valence-electron chi connectivity index (χ4n) is 3.70. The van der Waals surface area contributed by atoms with Gasteiger partial charge in [0.2, 0.25) is 0 Å². The number of halogens is 1. The first kappa shape index (κ1) is 19.2. The lowest BCUT2D eigenvalue weighted by atomic mass is 9.84. The molecule has 1 saturated heterocycles. The van der Waals surface area contributed by atoms with E-state index < -0.39 is 0 Å². The Balaban J connectivity index is 1.32. The highest BCUT2D eigenvalue weighted by atomic mass is 35.5. The maximum absolute atomic E-state index is 6.67. The van der Waals surface area contributed by atoms with E-state index in [0.29, 0.717) is 12.0 Å². The molecule has 6 nitrogen and oxygen atoms in total. The van der Waals surface area contributed by atoms with Crippen LogP contribution in [0, 0.1) is 6.92 Å². The average Bonchev–Trinajstić information content (AvgIpc) is 3.09. The molecule has 3 heterocycles. The van der Waals surface area contributed by atoms with E-state index in [2.05, 4.69) is 24.2 Å². The van der Waals surface area contributed by atoms with E-state index in [0.717, 1.165) is 79.7 Å². The van der Waals surface area contributed by atoms with E-state index in [9.17, 15) is 0 Å². The van der Waals surface area contributed by atoms with Gasteiger partial charge in [-0.25, -0.2) is 9.03 Å². The molecule has 4 rings (SSSR count). The Labute approximate surface area is 169 Å². The number of hydrogen-bond acceptors (Lipinski definition) is 6. The fraction of sp³-hybridized carbons (Fsp3) is 0.579. The van der Waals surface area contributed by atoms with E-state index in [1.165, 1.54) is 0 Å². The van der Waals surface area contributed by atoms with Gasteiger partial charge in [0.15, 0.2) is 0 Å². The largest absolute Gasteiger partial charge is 0.379 e. The molecule has 1 aliphatic heterocycles. The molecule has 1 saturated carbocycles. The molecule has 2 aromatic heterocycles. The lowest BCUT2D eigenvalue weighted by Crippen LogP contribution is -2.37. The van der Waals surface area contributed by atoms with Gasteiger partial charge in [-0.15, -0.1) is 0 Å². The second kappa shape index (κ2) is 8.92. The number of rotatable bonds is 5. The van der Waals surface area contributed by atoms with Crippen LogP contribution < -0.4 is 4.72 Å². The minimum absolute atomic E-state index is 0.448. The van der Waals surface area contributed by atoms with Gasteiger partial charge in [0.1, 0.15) is 5.69 Å². The molecule has 0 bridgehead atoms. The van der Waals surface area contributed by atoms with Gasteiger partial charge in [0, 0.05) is 54.6 Å². The molecular formula is C19H26ClN5OS. The summed E-state index contributed by atoms with van der Waals surface area (Å²) in [5, 5.41) is 8.42. The normalized spacial score (nSPS) is 24.2. The zero-order valence-corrected chi connectivity index (χ0v) is 17.2. The number of aromatic nitrogens is 3. The second-order valence-electron chi connectivity index (χ2n) is 7.29. The number of aromatic amines is 1. The highest BCUT2D eigenvalue weighted by Crippen LogP contribution is 2.39. The van der Waals surface area contributed by atoms with Gasteiger partial charge in [-0.2, -0.15) is 5.10 Å². The third kappa shape index (κ3) is 4.66. The molecule has 27 heavy (non-hydrogen) atoms. The van der Waals surface area contributed by atoms with Gasteiger partial charge in [-0.1, -0.05) is 11.6 Å². The van der Waals surface area contributed by atoms with Gasteiger partial charge in [0.05, 0.1) is 23.9 Å². The van der Waals surface area contributed by atoms with Crippen molar-refractivity contribution < 1.29 is 4.74 Å². The molecule has 0 unspecified atom stereocenters. The first-order valence-electron chi connectivity index (χ1n) is 9.62. The number of morpholine rings is 1. The zero-order valence-electron chi connectivity index (χ0n) is 15.6. The molecule has 1 aliphatic carbocycles. The summed E-state index contributed by atoms with van der Waals surface area (Å²) >= 11 is 8.43. The quantitative estimate of drug-likeness (QED) is 0.731. The van der Waals surface area contributed by atoms with Crippen LogP contribution in [0.4, 0.5) is 0 Å². The standard InChI is InChI=1S/C19H26ClN5OS/c1-13-2-3-15(12-21-13)19-17(20)18(22-23-19)14-4-6-16(7-5-14)24-27-25-8-10-26-11-9-25/h2-3,12,14,16,24H,4-11H2,1H3,(H,22,23). The smallest absolute Gasteiger partial charge is 0.113 e. The van der Waals surface area contributed by atoms with E-state index >= 15 is 0 Å². The Hall–Kier alpha value is -1.12. The Kier molecular flexibility index (Phi) is 6.35. The average molecular weight is 408 g/mol. The maximum Gasteiger partial charge on any atom is 0.113 e. The first-order valence-corrected chi connectivity index (χ1v) is 10.8. The van der Waals surface area contributed by atoms with Crippen LogP contribution in [0.3, 0.4) is 0 Å². The molecule has 0 spiro atoms. The molecule has 0 atom stereocenters. The predicted molar refractivity (Wildman–Crippen MR) is 110 cm³/mol. The van der Waals surface area contributed by atoms with Crippen LogP contribution in [0.25, 0.3) is 11.3 Å². The molecule has 8 heteroatoms. The van der Waals surface area contributed by atoms with Crippen molar-refractivity contribution in [3.05, 3.63) is 34.7 Å². The van der Waals surface area contributed by atoms with Gasteiger partial charge >= 0.3 is 0 Å². The summed E-state index contributed by atoms with van der Waals surface area (Å²) in [5.41, 5.74) is 3.84. The Morgan fingerprint density at radius 3 is 2.70 bits per heavy atom. The number of nitrogens with zero attached hydrogens (tertiary/aromatic N) is 3. The van der Waals surface area contributed by atoms with E-state index in [4.69, 9.17) is 16.3 Å². The summed E-state index contributed by atoms with van der Waals surface area (Å²) in [6, 6.07) is 4.57. The van der Waals surface area contributed by atoms with Crippen molar-refractivity contribution in [3.8, 4) is 11.3 Å². The number of H-pyrrole nitrogens is 1. The Morgan fingerprint density at radius 1 is 1.22 bits per heavy atom. The zero-order chi connectivity index (χ0) is 18.6. The molecule has 2 N–H and O–H groups in total. The summed E-state index contributed by atoms with van der Waals surface area (Å²) in [6.45, 7) is 5.63.